The normalized spacial score (nSPS) is 15.1. The molecule has 0 bridgehead atoms. The highest BCUT2D eigenvalue weighted by molar-refractivity contribution is 5.95. The number of nitrogens with one attached hydrogen (secondary N) is 1. The first kappa shape index (κ1) is 11.9. The maximum absolute atomic E-state index is 12.2. The van der Waals surface area contributed by atoms with E-state index in [2.05, 4.69) is 10.4 Å². The molecule has 0 radical (unpaired) electrons. The van der Waals surface area contributed by atoms with Gasteiger partial charge in [-0.15, -0.1) is 0 Å². The van der Waals surface area contributed by atoms with Crippen LogP contribution in [0.5, 0.6) is 0 Å². The fourth-order valence-electron chi connectivity index (χ4n) is 2.07. The zero-order valence-corrected chi connectivity index (χ0v) is 10.1. The highest BCUT2D eigenvalue weighted by atomic mass is 16.2. The number of hydrogen-bond donors (Lipinski definition) is 2. The molecule has 1 amide bonds. The molecule has 1 saturated heterocycles. The zero-order valence-electron chi connectivity index (χ0n) is 10.1. The van der Waals surface area contributed by atoms with E-state index >= 15 is 0 Å². The van der Waals surface area contributed by atoms with E-state index in [1.807, 2.05) is 17.9 Å². The third-order valence-electron chi connectivity index (χ3n) is 3.03. The second kappa shape index (κ2) is 5.14. The van der Waals surface area contributed by atoms with Crippen molar-refractivity contribution in [1.29, 1.82) is 0 Å². The molecule has 2 rings (SSSR count). The number of rotatable bonds is 3. The van der Waals surface area contributed by atoms with Gasteiger partial charge in [0.2, 0.25) is 0 Å². The summed E-state index contributed by atoms with van der Waals surface area (Å²) >= 11 is 0. The van der Waals surface area contributed by atoms with Gasteiger partial charge < -0.3 is 10.3 Å². The molecule has 0 saturated carbocycles. The van der Waals surface area contributed by atoms with Crippen LogP contribution in [0.4, 0.5) is 5.82 Å². The predicted octanol–water partition coefficient (Wildman–Crippen LogP) is 1.17. The van der Waals surface area contributed by atoms with E-state index < -0.39 is 0 Å². The Labute approximate surface area is 101 Å². The Kier molecular flexibility index (Phi) is 3.58. The number of anilines is 1. The summed E-state index contributed by atoms with van der Waals surface area (Å²) in [6, 6.07) is 3.56. The van der Waals surface area contributed by atoms with Crippen molar-refractivity contribution in [1.82, 2.24) is 9.88 Å². The molecule has 1 aliphatic heterocycles. The van der Waals surface area contributed by atoms with Crippen LogP contribution in [-0.2, 0) is 6.42 Å². The summed E-state index contributed by atoms with van der Waals surface area (Å²) in [5, 5.41) is 0. The first-order valence-corrected chi connectivity index (χ1v) is 6.01. The van der Waals surface area contributed by atoms with E-state index in [4.69, 9.17) is 5.84 Å². The number of aryl methyl sites for hydroxylation is 1. The molecule has 1 aromatic rings. The van der Waals surface area contributed by atoms with E-state index in [0.29, 0.717) is 11.4 Å². The molecule has 17 heavy (non-hydrogen) atoms. The van der Waals surface area contributed by atoms with Crippen molar-refractivity contribution in [2.75, 3.05) is 18.5 Å². The standard InChI is InChI=1S/C12H18N4O/c1-2-10-7-9(8-11(14-10)15-13)12(17)16-5-3-4-6-16/h7-8H,2-6,13H2,1H3,(H,14,15). The SMILES string of the molecule is CCc1cc(C(=O)N2CCCC2)cc(NN)n1. The number of carbonyl (C=O) groups excluding carboxylic acids is 1. The zero-order chi connectivity index (χ0) is 12.3. The second-order valence-corrected chi connectivity index (χ2v) is 4.23. The minimum atomic E-state index is 0.0797. The smallest absolute Gasteiger partial charge is 0.254 e. The number of hydrazine groups is 1. The van der Waals surface area contributed by atoms with Gasteiger partial charge in [0.15, 0.2) is 0 Å². The van der Waals surface area contributed by atoms with Crippen LogP contribution in [-0.4, -0.2) is 28.9 Å². The van der Waals surface area contributed by atoms with Crippen molar-refractivity contribution in [3.05, 3.63) is 23.4 Å². The lowest BCUT2D eigenvalue weighted by atomic mass is 10.1. The maximum atomic E-state index is 12.2. The number of aromatic nitrogens is 1. The number of hydrogen-bond acceptors (Lipinski definition) is 4. The summed E-state index contributed by atoms with van der Waals surface area (Å²) in [4.78, 5) is 18.4. The van der Waals surface area contributed by atoms with Crippen molar-refractivity contribution in [2.45, 2.75) is 26.2 Å². The van der Waals surface area contributed by atoms with E-state index in [-0.39, 0.29) is 5.91 Å². The van der Waals surface area contributed by atoms with E-state index in [1.165, 1.54) is 0 Å². The van der Waals surface area contributed by atoms with Gasteiger partial charge in [0.1, 0.15) is 5.82 Å². The van der Waals surface area contributed by atoms with Crippen molar-refractivity contribution in [2.24, 2.45) is 5.84 Å². The number of pyridine rings is 1. The summed E-state index contributed by atoms with van der Waals surface area (Å²) in [6.07, 6.45) is 2.98. The Bertz CT molecular complexity index is 391. The molecule has 1 aliphatic rings. The Hall–Kier alpha value is -1.62. The van der Waals surface area contributed by atoms with Gasteiger partial charge in [-0.25, -0.2) is 10.8 Å². The van der Waals surface area contributed by atoms with Crippen LogP contribution >= 0.6 is 0 Å². The minimum Gasteiger partial charge on any atom is -0.339 e. The topological polar surface area (TPSA) is 71.2 Å². The quantitative estimate of drug-likeness (QED) is 0.608. The van der Waals surface area contributed by atoms with Crippen molar-refractivity contribution < 1.29 is 4.79 Å². The maximum Gasteiger partial charge on any atom is 0.254 e. The molecule has 0 aliphatic carbocycles. The van der Waals surface area contributed by atoms with Gasteiger partial charge >= 0.3 is 0 Å². The average molecular weight is 234 g/mol. The molecule has 92 valence electrons. The number of carbonyl (C=O) groups is 1. The van der Waals surface area contributed by atoms with Gasteiger partial charge in [0.05, 0.1) is 0 Å². The van der Waals surface area contributed by atoms with Crippen LogP contribution in [0, 0.1) is 0 Å². The van der Waals surface area contributed by atoms with E-state index in [9.17, 15) is 4.79 Å². The van der Waals surface area contributed by atoms with Crippen LogP contribution in [0.2, 0.25) is 0 Å². The molecule has 0 aromatic carbocycles. The Morgan fingerprint density at radius 3 is 2.76 bits per heavy atom. The minimum absolute atomic E-state index is 0.0797. The third-order valence-corrected chi connectivity index (χ3v) is 3.03. The summed E-state index contributed by atoms with van der Waals surface area (Å²) in [7, 11) is 0. The molecule has 1 aromatic heterocycles. The van der Waals surface area contributed by atoms with Gasteiger partial charge in [0.25, 0.3) is 5.91 Å². The first-order chi connectivity index (χ1) is 8.24. The molecular formula is C12H18N4O. The van der Waals surface area contributed by atoms with Crippen LogP contribution in [0.1, 0.15) is 35.8 Å². The van der Waals surface area contributed by atoms with E-state index in [1.54, 1.807) is 6.07 Å². The van der Waals surface area contributed by atoms with Gasteiger partial charge in [-0.2, -0.15) is 0 Å². The van der Waals surface area contributed by atoms with Gasteiger partial charge in [-0.3, -0.25) is 4.79 Å². The number of amides is 1. The highest BCUT2D eigenvalue weighted by Crippen LogP contribution is 2.16. The number of likely N-dealkylation sites (tertiary alicyclic amines) is 1. The van der Waals surface area contributed by atoms with Crippen LogP contribution in [0.25, 0.3) is 0 Å². The van der Waals surface area contributed by atoms with Gasteiger partial charge in [-0.05, 0) is 31.4 Å². The number of nitrogens with two attached hydrogens (primary N) is 1. The lowest BCUT2D eigenvalue weighted by molar-refractivity contribution is 0.0792. The fourth-order valence-corrected chi connectivity index (χ4v) is 2.07. The lowest BCUT2D eigenvalue weighted by Crippen LogP contribution is -2.28. The van der Waals surface area contributed by atoms with Gasteiger partial charge in [0, 0.05) is 24.3 Å². The monoisotopic (exact) mass is 234 g/mol. The van der Waals surface area contributed by atoms with Gasteiger partial charge in [-0.1, -0.05) is 6.92 Å². The molecular weight excluding hydrogens is 216 g/mol. The van der Waals surface area contributed by atoms with Crippen molar-refractivity contribution in [3.8, 4) is 0 Å². The Balaban J connectivity index is 2.26. The predicted molar refractivity (Wildman–Crippen MR) is 66.6 cm³/mol. The summed E-state index contributed by atoms with van der Waals surface area (Å²) in [6.45, 7) is 3.72. The fraction of sp³-hybridized carbons (Fsp3) is 0.500. The molecule has 0 atom stereocenters. The Morgan fingerprint density at radius 1 is 1.47 bits per heavy atom. The molecule has 0 unspecified atom stereocenters. The average Bonchev–Trinajstić information content (AvgIpc) is 2.91. The highest BCUT2D eigenvalue weighted by Gasteiger charge is 2.20. The molecule has 2 heterocycles. The number of nitrogen functional groups attached to an aromatic ring is 1. The Morgan fingerprint density at radius 2 is 2.18 bits per heavy atom. The lowest BCUT2D eigenvalue weighted by Gasteiger charge is -2.16. The molecule has 3 N–H and O–H groups in total. The van der Waals surface area contributed by atoms with Crippen LogP contribution in [0.15, 0.2) is 12.1 Å². The molecule has 0 spiro atoms. The number of nitrogens with zero attached hydrogens (tertiary/aromatic N) is 2. The molecule has 5 nitrogen and oxygen atoms in total. The van der Waals surface area contributed by atoms with Crippen molar-refractivity contribution in [3.63, 3.8) is 0 Å². The largest absolute Gasteiger partial charge is 0.339 e. The summed E-state index contributed by atoms with van der Waals surface area (Å²) in [5.74, 6) is 5.99. The molecule has 1 fully saturated rings. The summed E-state index contributed by atoms with van der Waals surface area (Å²) < 4.78 is 0. The van der Waals surface area contributed by atoms with Crippen molar-refractivity contribution >= 4 is 11.7 Å². The van der Waals surface area contributed by atoms with Crippen LogP contribution in [0.3, 0.4) is 0 Å². The second-order valence-electron chi connectivity index (χ2n) is 4.23. The van der Waals surface area contributed by atoms with E-state index in [0.717, 1.165) is 38.0 Å². The molecule has 5 heteroatoms. The third kappa shape index (κ3) is 2.55. The van der Waals surface area contributed by atoms with Crippen LogP contribution < -0.4 is 11.3 Å². The summed E-state index contributed by atoms with van der Waals surface area (Å²) in [5.41, 5.74) is 4.06. The first-order valence-electron chi connectivity index (χ1n) is 6.01.